The number of rotatable bonds is 8. The Morgan fingerprint density at radius 3 is 2.35 bits per heavy atom. The Balaban J connectivity index is 1.39. The predicted octanol–water partition coefficient (Wildman–Crippen LogP) is 3.73. The highest BCUT2D eigenvalue weighted by Crippen LogP contribution is 2.54. The third-order valence-corrected chi connectivity index (χ3v) is 9.35. The van der Waals surface area contributed by atoms with E-state index < -0.39 is 15.6 Å². The summed E-state index contributed by atoms with van der Waals surface area (Å²) in [6.45, 7) is 7.06. The van der Waals surface area contributed by atoms with Gasteiger partial charge in [-0.2, -0.15) is 0 Å². The standard InChI is InChI=1S/C27H37N5O4S/c1-25(2,3)31-37(35,36)20-6-4-5-19(17-20)28-24(34)21-7-8-22(30-27(18-33)11-12-27)29-23(21)32-15-13-26(9-10-26)14-16-32/h4-8,17,31,33H,9-16,18H2,1-3H3,(H,28,34)(H,29,30). The molecule has 1 aromatic carbocycles. The van der Waals surface area contributed by atoms with Crippen molar-refractivity contribution < 1.29 is 18.3 Å². The van der Waals surface area contributed by atoms with Crippen molar-refractivity contribution >= 4 is 33.3 Å². The molecule has 0 unspecified atom stereocenters. The van der Waals surface area contributed by atoms with Gasteiger partial charge in [0, 0.05) is 24.3 Å². The van der Waals surface area contributed by atoms with Crippen molar-refractivity contribution in [2.75, 3.05) is 35.2 Å². The highest BCUT2D eigenvalue weighted by molar-refractivity contribution is 7.89. The second-order valence-corrected chi connectivity index (χ2v) is 13.6. The molecular weight excluding hydrogens is 490 g/mol. The number of nitrogens with zero attached hydrogens (tertiary/aromatic N) is 2. The molecule has 9 nitrogen and oxygen atoms in total. The summed E-state index contributed by atoms with van der Waals surface area (Å²) in [5, 5.41) is 16.0. The predicted molar refractivity (Wildman–Crippen MR) is 144 cm³/mol. The Morgan fingerprint density at radius 1 is 1.05 bits per heavy atom. The van der Waals surface area contributed by atoms with E-state index >= 15 is 0 Å². The lowest BCUT2D eigenvalue weighted by molar-refractivity contribution is 0.102. The number of anilines is 3. The van der Waals surface area contributed by atoms with Crippen molar-refractivity contribution in [1.82, 2.24) is 9.71 Å². The largest absolute Gasteiger partial charge is 0.394 e. The van der Waals surface area contributed by atoms with Crippen LogP contribution in [0.1, 0.15) is 69.7 Å². The number of hydrogen-bond acceptors (Lipinski definition) is 7. The van der Waals surface area contributed by atoms with Crippen molar-refractivity contribution in [3.05, 3.63) is 42.0 Å². The van der Waals surface area contributed by atoms with Crippen LogP contribution in [-0.4, -0.2) is 55.2 Å². The number of aliphatic hydroxyl groups is 1. The van der Waals surface area contributed by atoms with Crippen LogP contribution in [-0.2, 0) is 10.0 Å². The molecule has 3 aliphatic rings. The molecule has 10 heteroatoms. The molecule has 200 valence electrons. The zero-order valence-corrected chi connectivity index (χ0v) is 22.6. The first-order valence-electron chi connectivity index (χ1n) is 13.0. The Labute approximate surface area is 219 Å². The number of amides is 1. The van der Waals surface area contributed by atoms with Crippen LogP contribution in [0.5, 0.6) is 0 Å². The molecule has 1 amide bonds. The number of pyridine rings is 1. The Kier molecular flexibility index (Phi) is 6.49. The fourth-order valence-corrected chi connectivity index (χ4v) is 6.42. The Hall–Kier alpha value is -2.69. The minimum absolute atomic E-state index is 0.0435. The molecule has 0 bridgehead atoms. The maximum Gasteiger partial charge on any atom is 0.259 e. The summed E-state index contributed by atoms with van der Waals surface area (Å²) in [5.41, 5.74) is 0.365. The quantitative estimate of drug-likeness (QED) is 0.412. The number of sulfonamides is 1. The van der Waals surface area contributed by atoms with E-state index in [1.54, 1.807) is 45.0 Å². The number of carbonyl (C=O) groups excluding carboxylic acids is 1. The lowest BCUT2D eigenvalue weighted by atomic mass is 9.93. The molecule has 2 heterocycles. The van der Waals surface area contributed by atoms with Gasteiger partial charge in [-0.15, -0.1) is 0 Å². The minimum atomic E-state index is -3.74. The molecule has 5 rings (SSSR count). The van der Waals surface area contributed by atoms with Gasteiger partial charge >= 0.3 is 0 Å². The van der Waals surface area contributed by atoms with Crippen LogP contribution in [0, 0.1) is 5.41 Å². The SMILES string of the molecule is CC(C)(C)NS(=O)(=O)c1cccc(NC(=O)c2ccc(NC3(CO)CC3)nc2N2CCC3(CC2)CC3)c1. The second kappa shape index (κ2) is 9.25. The molecule has 2 aliphatic carbocycles. The topological polar surface area (TPSA) is 124 Å². The molecule has 1 saturated heterocycles. The van der Waals surface area contributed by atoms with Gasteiger partial charge in [0.2, 0.25) is 10.0 Å². The molecule has 4 N–H and O–H groups in total. The minimum Gasteiger partial charge on any atom is -0.394 e. The molecule has 1 spiro atoms. The van der Waals surface area contributed by atoms with Crippen LogP contribution in [0.25, 0.3) is 0 Å². The number of carbonyl (C=O) groups is 1. The maximum absolute atomic E-state index is 13.5. The van der Waals surface area contributed by atoms with Crippen molar-refractivity contribution in [2.45, 2.75) is 75.3 Å². The molecule has 2 saturated carbocycles. The van der Waals surface area contributed by atoms with Gasteiger partial charge in [-0.3, -0.25) is 4.79 Å². The van der Waals surface area contributed by atoms with Gasteiger partial charge in [0.1, 0.15) is 11.6 Å². The van der Waals surface area contributed by atoms with E-state index in [9.17, 15) is 18.3 Å². The molecule has 3 fully saturated rings. The number of nitrogens with one attached hydrogen (secondary N) is 3. The van der Waals surface area contributed by atoms with Gasteiger partial charge < -0.3 is 20.6 Å². The fraction of sp³-hybridized carbons (Fsp3) is 0.556. The number of piperidine rings is 1. The third kappa shape index (κ3) is 5.91. The smallest absolute Gasteiger partial charge is 0.259 e. The van der Waals surface area contributed by atoms with Gasteiger partial charge in [0.05, 0.1) is 22.6 Å². The summed E-state index contributed by atoms with van der Waals surface area (Å²) in [5.74, 6) is 0.915. The van der Waals surface area contributed by atoms with Gasteiger partial charge in [0.15, 0.2) is 0 Å². The summed E-state index contributed by atoms with van der Waals surface area (Å²) in [6, 6.07) is 9.79. The fourth-order valence-electron chi connectivity index (χ4n) is 4.95. The normalized spacial score (nSPS) is 19.9. The molecule has 0 atom stereocenters. The van der Waals surface area contributed by atoms with Crippen LogP contribution in [0.3, 0.4) is 0 Å². The highest BCUT2D eigenvalue weighted by Gasteiger charge is 2.45. The van der Waals surface area contributed by atoms with Crippen LogP contribution < -0.4 is 20.3 Å². The lowest BCUT2D eigenvalue weighted by Gasteiger charge is -2.34. The van der Waals surface area contributed by atoms with Crippen molar-refractivity contribution in [1.29, 1.82) is 0 Å². The van der Waals surface area contributed by atoms with E-state index in [0.29, 0.717) is 28.3 Å². The monoisotopic (exact) mass is 527 g/mol. The first-order chi connectivity index (χ1) is 17.4. The molecule has 1 aromatic heterocycles. The van der Waals surface area contributed by atoms with Gasteiger partial charge in [-0.1, -0.05) is 6.07 Å². The van der Waals surface area contributed by atoms with Crippen LogP contribution in [0.2, 0.25) is 0 Å². The van der Waals surface area contributed by atoms with Crippen molar-refractivity contribution in [3.63, 3.8) is 0 Å². The van der Waals surface area contributed by atoms with E-state index in [2.05, 4.69) is 20.3 Å². The summed E-state index contributed by atoms with van der Waals surface area (Å²) >= 11 is 0. The zero-order valence-electron chi connectivity index (χ0n) is 21.8. The zero-order chi connectivity index (χ0) is 26.5. The van der Waals surface area contributed by atoms with E-state index in [1.165, 1.54) is 25.0 Å². The highest BCUT2D eigenvalue weighted by atomic mass is 32.2. The Morgan fingerprint density at radius 2 is 1.76 bits per heavy atom. The first kappa shape index (κ1) is 25.9. The van der Waals surface area contributed by atoms with E-state index in [4.69, 9.17) is 4.98 Å². The lowest BCUT2D eigenvalue weighted by Crippen LogP contribution is -2.40. The number of aliphatic hydroxyl groups excluding tert-OH is 1. The summed E-state index contributed by atoms with van der Waals surface area (Å²) in [4.78, 5) is 20.6. The number of hydrogen-bond donors (Lipinski definition) is 4. The van der Waals surface area contributed by atoms with Crippen LogP contribution in [0.15, 0.2) is 41.3 Å². The summed E-state index contributed by atoms with van der Waals surface area (Å²) in [6.07, 6.45) is 6.52. The first-order valence-corrected chi connectivity index (χ1v) is 14.5. The Bertz CT molecular complexity index is 1290. The molecule has 2 aromatic rings. The number of benzene rings is 1. The number of aromatic nitrogens is 1. The summed E-state index contributed by atoms with van der Waals surface area (Å²) < 4.78 is 28.2. The summed E-state index contributed by atoms with van der Waals surface area (Å²) in [7, 11) is -3.74. The van der Waals surface area contributed by atoms with E-state index in [1.807, 2.05) is 0 Å². The van der Waals surface area contributed by atoms with Gasteiger partial charge in [-0.05, 0) is 95.0 Å². The van der Waals surface area contributed by atoms with Crippen molar-refractivity contribution in [3.8, 4) is 0 Å². The average molecular weight is 528 g/mol. The average Bonchev–Trinajstić information content (AvgIpc) is 3.77. The van der Waals surface area contributed by atoms with Crippen LogP contribution in [0.4, 0.5) is 17.3 Å². The maximum atomic E-state index is 13.5. The van der Waals surface area contributed by atoms with E-state index in [0.717, 1.165) is 38.8 Å². The molecule has 0 radical (unpaired) electrons. The van der Waals surface area contributed by atoms with Crippen molar-refractivity contribution in [2.24, 2.45) is 5.41 Å². The molecular formula is C27H37N5O4S. The third-order valence-electron chi connectivity index (χ3n) is 7.59. The van der Waals surface area contributed by atoms with Crippen LogP contribution >= 0.6 is 0 Å². The van der Waals surface area contributed by atoms with E-state index in [-0.39, 0.29) is 22.9 Å². The molecule has 37 heavy (non-hydrogen) atoms. The van der Waals surface area contributed by atoms with Gasteiger partial charge in [-0.25, -0.2) is 18.1 Å². The molecule has 1 aliphatic heterocycles. The second-order valence-electron chi connectivity index (χ2n) is 12.0. The van der Waals surface area contributed by atoms with Gasteiger partial charge in [0.25, 0.3) is 5.91 Å².